The van der Waals surface area contributed by atoms with Gasteiger partial charge in [-0.15, -0.1) is 0 Å². The highest BCUT2D eigenvalue weighted by Gasteiger charge is 2.05. The predicted molar refractivity (Wildman–Crippen MR) is 77.8 cm³/mol. The number of para-hydroxylation sites is 1. The van der Waals surface area contributed by atoms with Crippen molar-refractivity contribution in [3.63, 3.8) is 0 Å². The molecule has 0 aliphatic heterocycles. The molecule has 0 atom stereocenters. The van der Waals surface area contributed by atoms with Gasteiger partial charge in [0, 0.05) is 18.8 Å². The molecule has 1 aromatic heterocycles. The summed E-state index contributed by atoms with van der Waals surface area (Å²) in [5.74, 6) is 1.33. The second kappa shape index (κ2) is 7.12. The van der Waals surface area contributed by atoms with E-state index in [9.17, 15) is 0 Å². The average molecular weight is 277 g/mol. The molecule has 4 heteroatoms. The monoisotopic (exact) mass is 276 g/mol. The summed E-state index contributed by atoms with van der Waals surface area (Å²) < 4.78 is 5.68. The summed E-state index contributed by atoms with van der Waals surface area (Å²) in [4.78, 5) is 4.18. The normalized spacial score (nSPS) is 10.4. The van der Waals surface area contributed by atoms with Gasteiger partial charge in [-0.1, -0.05) is 36.7 Å². The molecule has 1 heterocycles. The van der Waals surface area contributed by atoms with Gasteiger partial charge in [-0.3, -0.25) is 0 Å². The summed E-state index contributed by atoms with van der Waals surface area (Å²) >= 11 is 6.12. The molecule has 0 spiro atoms. The van der Waals surface area contributed by atoms with E-state index in [1.807, 2.05) is 36.4 Å². The molecule has 0 saturated heterocycles. The minimum Gasteiger partial charge on any atom is -0.439 e. The van der Waals surface area contributed by atoms with E-state index in [4.69, 9.17) is 16.3 Å². The molecule has 0 aliphatic rings. The van der Waals surface area contributed by atoms with E-state index in [2.05, 4.69) is 17.2 Å². The minimum atomic E-state index is 0.559. The molecule has 100 valence electrons. The van der Waals surface area contributed by atoms with Crippen LogP contribution in [0, 0.1) is 0 Å². The van der Waals surface area contributed by atoms with Crippen molar-refractivity contribution in [2.45, 2.75) is 19.9 Å². The van der Waals surface area contributed by atoms with E-state index in [-0.39, 0.29) is 0 Å². The number of benzene rings is 1. The third kappa shape index (κ3) is 4.23. The Balaban J connectivity index is 2.07. The number of ether oxygens (including phenoxy) is 1. The van der Waals surface area contributed by atoms with Gasteiger partial charge >= 0.3 is 0 Å². The molecular weight excluding hydrogens is 260 g/mol. The van der Waals surface area contributed by atoms with Crippen LogP contribution < -0.4 is 10.1 Å². The summed E-state index contributed by atoms with van der Waals surface area (Å²) in [6, 6.07) is 11.5. The van der Waals surface area contributed by atoms with E-state index in [1.54, 1.807) is 6.20 Å². The van der Waals surface area contributed by atoms with Crippen LogP contribution in [0.3, 0.4) is 0 Å². The van der Waals surface area contributed by atoms with Crippen LogP contribution in [-0.4, -0.2) is 11.5 Å². The minimum absolute atomic E-state index is 0.559. The zero-order valence-corrected chi connectivity index (χ0v) is 11.7. The topological polar surface area (TPSA) is 34.1 Å². The van der Waals surface area contributed by atoms with Crippen molar-refractivity contribution < 1.29 is 4.74 Å². The fourth-order valence-electron chi connectivity index (χ4n) is 1.66. The zero-order valence-electron chi connectivity index (χ0n) is 10.9. The van der Waals surface area contributed by atoms with Crippen LogP contribution in [0.25, 0.3) is 0 Å². The maximum atomic E-state index is 6.12. The van der Waals surface area contributed by atoms with Gasteiger partial charge in [0.1, 0.15) is 5.75 Å². The third-order valence-corrected chi connectivity index (χ3v) is 2.96. The van der Waals surface area contributed by atoms with Gasteiger partial charge in [-0.05, 0) is 30.7 Å². The van der Waals surface area contributed by atoms with Crippen molar-refractivity contribution in [2.75, 3.05) is 6.54 Å². The number of hydrogen-bond acceptors (Lipinski definition) is 3. The predicted octanol–water partition coefficient (Wildman–Crippen LogP) is 4.03. The number of rotatable bonds is 6. The van der Waals surface area contributed by atoms with E-state index >= 15 is 0 Å². The first-order valence-electron chi connectivity index (χ1n) is 6.37. The summed E-state index contributed by atoms with van der Waals surface area (Å²) in [6.07, 6.45) is 2.72. The molecule has 0 aliphatic carbocycles. The van der Waals surface area contributed by atoms with E-state index in [0.29, 0.717) is 10.9 Å². The molecule has 0 unspecified atom stereocenters. The molecule has 0 fully saturated rings. The lowest BCUT2D eigenvalue weighted by atomic mass is 10.2. The SMILES string of the molecule is CCCNCc1cc(Oc2ccccc2)ncc1Cl. The fourth-order valence-corrected chi connectivity index (χ4v) is 1.83. The first-order valence-corrected chi connectivity index (χ1v) is 6.75. The number of hydrogen-bond donors (Lipinski definition) is 1. The highest BCUT2D eigenvalue weighted by atomic mass is 35.5. The molecule has 19 heavy (non-hydrogen) atoms. The van der Waals surface area contributed by atoms with Crippen molar-refractivity contribution >= 4 is 11.6 Å². The van der Waals surface area contributed by atoms with Gasteiger partial charge in [-0.2, -0.15) is 0 Å². The Labute approximate surface area is 118 Å². The molecule has 0 radical (unpaired) electrons. The molecule has 0 saturated carbocycles. The lowest BCUT2D eigenvalue weighted by Crippen LogP contribution is -2.14. The number of aromatic nitrogens is 1. The summed E-state index contributed by atoms with van der Waals surface area (Å²) in [5, 5.41) is 3.97. The molecular formula is C15H17ClN2O. The first kappa shape index (κ1) is 13.8. The number of halogens is 1. The van der Waals surface area contributed by atoms with Crippen LogP contribution in [0.1, 0.15) is 18.9 Å². The molecule has 3 nitrogen and oxygen atoms in total. The third-order valence-electron chi connectivity index (χ3n) is 2.62. The summed E-state index contributed by atoms with van der Waals surface area (Å²) in [5.41, 5.74) is 0.996. The molecule has 0 bridgehead atoms. The molecule has 1 N–H and O–H groups in total. The zero-order chi connectivity index (χ0) is 13.5. The summed E-state index contributed by atoms with van der Waals surface area (Å²) in [6.45, 7) is 3.82. The Bertz CT molecular complexity index is 517. The lowest BCUT2D eigenvalue weighted by molar-refractivity contribution is 0.461. The van der Waals surface area contributed by atoms with E-state index in [0.717, 1.165) is 30.8 Å². The van der Waals surface area contributed by atoms with Crippen molar-refractivity contribution in [1.82, 2.24) is 10.3 Å². The number of nitrogens with zero attached hydrogens (tertiary/aromatic N) is 1. The lowest BCUT2D eigenvalue weighted by Gasteiger charge is -2.09. The largest absolute Gasteiger partial charge is 0.439 e. The van der Waals surface area contributed by atoms with Crippen molar-refractivity contribution in [1.29, 1.82) is 0 Å². The van der Waals surface area contributed by atoms with Crippen molar-refractivity contribution in [2.24, 2.45) is 0 Å². The molecule has 0 amide bonds. The Hall–Kier alpha value is -1.58. The van der Waals surface area contributed by atoms with Gasteiger partial charge in [-0.25, -0.2) is 4.98 Å². The van der Waals surface area contributed by atoms with E-state index in [1.165, 1.54) is 0 Å². The standard InChI is InChI=1S/C15H17ClN2O/c1-2-8-17-10-12-9-15(18-11-14(12)16)19-13-6-4-3-5-7-13/h3-7,9,11,17H,2,8,10H2,1H3. The Morgan fingerprint density at radius 1 is 1.26 bits per heavy atom. The maximum absolute atomic E-state index is 6.12. The summed E-state index contributed by atoms with van der Waals surface area (Å²) in [7, 11) is 0. The van der Waals surface area contributed by atoms with Gasteiger partial charge < -0.3 is 10.1 Å². The smallest absolute Gasteiger partial charge is 0.219 e. The van der Waals surface area contributed by atoms with Crippen molar-refractivity contribution in [3.8, 4) is 11.6 Å². The van der Waals surface area contributed by atoms with E-state index < -0.39 is 0 Å². The van der Waals surface area contributed by atoms with Gasteiger partial charge in [0.2, 0.25) is 5.88 Å². The van der Waals surface area contributed by atoms with Gasteiger partial charge in [0.25, 0.3) is 0 Å². The number of nitrogens with one attached hydrogen (secondary N) is 1. The highest BCUT2D eigenvalue weighted by molar-refractivity contribution is 6.31. The van der Waals surface area contributed by atoms with Crippen LogP contribution in [0.4, 0.5) is 0 Å². The average Bonchev–Trinajstić information content (AvgIpc) is 2.44. The van der Waals surface area contributed by atoms with Crippen LogP contribution in [-0.2, 0) is 6.54 Å². The fraction of sp³-hybridized carbons (Fsp3) is 0.267. The molecule has 2 rings (SSSR count). The molecule has 2 aromatic rings. The van der Waals surface area contributed by atoms with Gasteiger partial charge in [0.05, 0.1) is 5.02 Å². The Morgan fingerprint density at radius 2 is 2.05 bits per heavy atom. The molecule has 1 aromatic carbocycles. The van der Waals surface area contributed by atoms with Crippen LogP contribution in [0.2, 0.25) is 5.02 Å². The number of pyridine rings is 1. The van der Waals surface area contributed by atoms with Gasteiger partial charge in [0.15, 0.2) is 0 Å². The Kier molecular flexibility index (Phi) is 5.19. The van der Waals surface area contributed by atoms with Crippen LogP contribution in [0.5, 0.6) is 11.6 Å². The quantitative estimate of drug-likeness (QED) is 0.809. The van der Waals surface area contributed by atoms with Crippen LogP contribution in [0.15, 0.2) is 42.6 Å². The first-order chi connectivity index (χ1) is 9.29. The Morgan fingerprint density at radius 3 is 2.79 bits per heavy atom. The van der Waals surface area contributed by atoms with Crippen molar-refractivity contribution in [3.05, 3.63) is 53.2 Å². The second-order valence-corrected chi connectivity index (χ2v) is 4.61. The second-order valence-electron chi connectivity index (χ2n) is 4.21. The maximum Gasteiger partial charge on any atom is 0.219 e. The van der Waals surface area contributed by atoms with Crippen LogP contribution >= 0.6 is 11.6 Å². The highest BCUT2D eigenvalue weighted by Crippen LogP contribution is 2.23.